The molecule has 4 rings (SSSR count). The molecule has 0 saturated carbocycles. The molecule has 3 aromatic carbocycles. The first-order valence-electron chi connectivity index (χ1n) is 9.32. The van der Waals surface area contributed by atoms with Crippen LogP contribution in [0.1, 0.15) is 25.5 Å². The number of benzene rings is 3. The van der Waals surface area contributed by atoms with Crippen molar-refractivity contribution in [1.29, 1.82) is 0 Å². The Hall–Kier alpha value is -2.44. The van der Waals surface area contributed by atoms with E-state index in [4.69, 9.17) is 9.73 Å². The highest BCUT2D eigenvalue weighted by atomic mass is 31.1. The highest BCUT2D eigenvalue weighted by Crippen LogP contribution is 2.50. The highest BCUT2D eigenvalue weighted by Gasteiger charge is 2.41. The lowest BCUT2D eigenvalue weighted by molar-refractivity contribution is 0.306. The molecule has 1 aliphatic rings. The second-order valence-corrected chi connectivity index (χ2v) is 10.1. The molecule has 3 aromatic rings. The van der Waals surface area contributed by atoms with Crippen molar-refractivity contribution >= 4 is 24.4 Å². The number of nitrogens with zero attached hydrogens (tertiary/aromatic N) is 1. The van der Waals surface area contributed by atoms with E-state index < -0.39 is 7.92 Å². The van der Waals surface area contributed by atoms with Gasteiger partial charge in [0.1, 0.15) is 12.6 Å². The molecular weight excluding hydrogens is 349 g/mol. The Balaban J connectivity index is 1.73. The van der Waals surface area contributed by atoms with Crippen LogP contribution >= 0.6 is 7.92 Å². The molecule has 1 atom stereocenters. The summed E-state index contributed by atoms with van der Waals surface area (Å²) in [4.78, 5) is 5.01. The Morgan fingerprint density at radius 3 is 1.78 bits per heavy atom. The third kappa shape index (κ3) is 3.68. The van der Waals surface area contributed by atoms with Crippen LogP contribution in [-0.2, 0) is 4.74 Å². The first-order chi connectivity index (χ1) is 13.2. The van der Waals surface area contributed by atoms with E-state index in [9.17, 15) is 0 Å². The molecule has 0 saturated heterocycles. The summed E-state index contributed by atoms with van der Waals surface area (Å²) >= 11 is 0. The maximum absolute atomic E-state index is 6.17. The number of ether oxygens (including phenoxy) is 1. The molecule has 0 N–H and O–H groups in total. The lowest BCUT2D eigenvalue weighted by Crippen LogP contribution is -2.37. The summed E-state index contributed by atoms with van der Waals surface area (Å²) < 4.78 is 6.17. The molecular formula is C24H24NOP. The second-order valence-electron chi connectivity index (χ2n) is 7.24. The summed E-state index contributed by atoms with van der Waals surface area (Å²) in [6, 6.07) is 32.0. The lowest BCUT2D eigenvalue weighted by Gasteiger charge is -2.34. The SMILES string of the molecule is CC(C)(C1=N[C@@H](c2ccccc2)CO1)P(c1ccccc1)c1ccccc1. The van der Waals surface area contributed by atoms with E-state index in [1.165, 1.54) is 16.2 Å². The normalized spacial score (nSPS) is 16.9. The van der Waals surface area contributed by atoms with E-state index in [0.29, 0.717) is 6.61 Å². The van der Waals surface area contributed by atoms with Gasteiger partial charge in [-0.05, 0) is 37.9 Å². The van der Waals surface area contributed by atoms with Crippen LogP contribution in [0, 0.1) is 0 Å². The Labute approximate surface area is 162 Å². The van der Waals surface area contributed by atoms with Crippen molar-refractivity contribution in [3.05, 3.63) is 96.6 Å². The van der Waals surface area contributed by atoms with Crippen molar-refractivity contribution in [3.8, 4) is 0 Å². The van der Waals surface area contributed by atoms with Crippen molar-refractivity contribution in [2.75, 3.05) is 6.61 Å². The zero-order chi connectivity index (χ0) is 18.7. The minimum absolute atomic E-state index is 0.0869. The minimum atomic E-state index is -0.649. The fourth-order valence-corrected chi connectivity index (χ4v) is 6.44. The molecule has 27 heavy (non-hydrogen) atoms. The highest BCUT2D eigenvalue weighted by molar-refractivity contribution is 7.75. The van der Waals surface area contributed by atoms with Gasteiger partial charge in [0.15, 0.2) is 5.90 Å². The molecule has 0 radical (unpaired) electrons. The summed E-state index contributed by atoms with van der Waals surface area (Å²) in [5.41, 5.74) is 1.21. The van der Waals surface area contributed by atoms with Crippen LogP contribution in [0.4, 0.5) is 0 Å². The summed E-state index contributed by atoms with van der Waals surface area (Å²) in [7, 11) is -0.649. The predicted molar refractivity (Wildman–Crippen MR) is 116 cm³/mol. The van der Waals surface area contributed by atoms with Gasteiger partial charge in [0, 0.05) is 0 Å². The minimum Gasteiger partial charge on any atom is -0.478 e. The summed E-state index contributed by atoms with van der Waals surface area (Å²) in [5.74, 6) is 0.871. The van der Waals surface area contributed by atoms with Crippen molar-refractivity contribution < 1.29 is 4.74 Å². The van der Waals surface area contributed by atoms with Gasteiger partial charge in [-0.2, -0.15) is 0 Å². The molecule has 3 heteroatoms. The van der Waals surface area contributed by atoms with Gasteiger partial charge in [-0.25, -0.2) is 4.99 Å². The molecule has 2 nitrogen and oxygen atoms in total. The number of rotatable bonds is 5. The van der Waals surface area contributed by atoms with Gasteiger partial charge in [-0.15, -0.1) is 0 Å². The molecule has 1 aliphatic heterocycles. The average Bonchev–Trinajstić information content (AvgIpc) is 3.22. The van der Waals surface area contributed by atoms with Gasteiger partial charge in [0.25, 0.3) is 0 Å². The Morgan fingerprint density at radius 2 is 1.26 bits per heavy atom. The topological polar surface area (TPSA) is 21.6 Å². The molecule has 0 spiro atoms. The van der Waals surface area contributed by atoms with Gasteiger partial charge < -0.3 is 4.74 Å². The van der Waals surface area contributed by atoms with Crippen molar-refractivity contribution in [2.45, 2.75) is 25.0 Å². The third-order valence-corrected chi connectivity index (χ3v) is 7.88. The van der Waals surface area contributed by atoms with Gasteiger partial charge >= 0.3 is 0 Å². The van der Waals surface area contributed by atoms with Crippen LogP contribution in [-0.4, -0.2) is 17.7 Å². The fourth-order valence-electron chi connectivity index (χ4n) is 3.60. The van der Waals surface area contributed by atoms with E-state index in [2.05, 4.69) is 98.8 Å². The fraction of sp³-hybridized carbons (Fsp3) is 0.208. The maximum Gasteiger partial charge on any atom is 0.194 e. The summed E-state index contributed by atoms with van der Waals surface area (Å²) in [6.45, 7) is 5.16. The zero-order valence-electron chi connectivity index (χ0n) is 15.7. The lowest BCUT2D eigenvalue weighted by atomic mass is 10.1. The van der Waals surface area contributed by atoms with Crippen molar-refractivity contribution in [1.82, 2.24) is 0 Å². The Bertz CT molecular complexity index is 867. The van der Waals surface area contributed by atoms with Crippen LogP contribution in [0.15, 0.2) is 96.0 Å². The zero-order valence-corrected chi connectivity index (χ0v) is 16.6. The summed E-state index contributed by atoms with van der Waals surface area (Å²) in [6.07, 6.45) is 0. The quantitative estimate of drug-likeness (QED) is 0.572. The van der Waals surface area contributed by atoms with E-state index in [0.717, 1.165) is 5.90 Å². The largest absolute Gasteiger partial charge is 0.478 e. The first kappa shape index (κ1) is 17.9. The average molecular weight is 373 g/mol. The molecule has 0 aliphatic carbocycles. The monoisotopic (exact) mass is 373 g/mol. The smallest absolute Gasteiger partial charge is 0.194 e. The van der Waals surface area contributed by atoms with E-state index in [1.54, 1.807) is 0 Å². The van der Waals surface area contributed by atoms with Crippen LogP contribution in [0.2, 0.25) is 0 Å². The molecule has 0 amide bonds. The van der Waals surface area contributed by atoms with Crippen LogP contribution in [0.3, 0.4) is 0 Å². The van der Waals surface area contributed by atoms with Gasteiger partial charge in [0.05, 0.1) is 5.16 Å². The molecule has 0 bridgehead atoms. The number of aliphatic imine (C=N–C) groups is 1. The standard InChI is InChI=1S/C24H24NOP/c1-24(2,23-25-22(18-26-23)19-12-6-3-7-13-19)27(20-14-8-4-9-15-20)21-16-10-5-11-17-21/h3-17,22H,18H2,1-2H3/t22-/m1/s1. The second kappa shape index (κ2) is 7.66. The number of hydrogen-bond acceptors (Lipinski definition) is 2. The van der Waals surface area contributed by atoms with Gasteiger partial charge in [-0.1, -0.05) is 91.0 Å². The molecule has 1 heterocycles. The van der Waals surface area contributed by atoms with E-state index in [1.807, 2.05) is 6.07 Å². The van der Waals surface area contributed by atoms with Crippen LogP contribution in [0.5, 0.6) is 0 Å². The summed E-state index contributed by atoms with van der Waals surface area (Å²) in [5, 5.41) is 2.50. The van der Waals surface area contributed by atoms with Crippen LogP contribution in [0.25, 0.3) is 0 Å². The third-order valence-electron chi connectivity index (χ3n) is 4.95. The Kier molecular flexibility index (Phi) is 5.09. The number of hydrogen-bond donors (Lipinski definition) is 0. The first-order valence-corrected chi connectivity index (χ1v) is 10.7. The molecule has 0 aromatic heterocycles. The molecule has 0 unspecified atom stereocenters. The molecule has 0 fully saturated rings. The predicted octanol–water partition coefficient (Wildman–Crippen LogP) is 5.07. The maximum atomic E-state index is 6.17. The van der Waals surface area contributed by atoms with Gasteiger partial charge in [-0.3, -0.25) is 0 Å². The van der Waals surface area contributed by atoms with E-state index in [-0.39, 0.29) is 11.2 Å². The molecule has 136 valence electrons. The van der Waals surface area contributed by atoms with Gasteiger partial charge in [0.2, 0.25) is 0 Å². The van der Waals surface area contributed by atoms with Crippen molar-refractivity contribution in [2.24, 2.45) is 4.99 Å². The van der Waals surface area contributed by atoms with E-state index >= 15 is 0 Å². The van der Waals surface area contributed by atoms with Crippen LogP contribution < -0.4 is 10.6 Å². The Morgan fingerprint density at radius 1 is 0.778 bits per heavy atom. The van der Waals surface area contributed by atoms with Crippen molar-refractivity contribution in [3.63, 3.8) is 0 Å².